The van der Waals surface area contributed by atoms with E-state index < -0.39 is 97.5 Å². The molecule has 17 nitrogen and oxygen atoms in total. The second kappa shape index (κ2) is 73.6. The lowest BCUT2D eigenvalue weighted by atomic mass is 9.99. The van der Waals surface area contributed by atoms with E-state index in [1.54, 1.807) is 0 Å². The van der Waals surface area contributed by atoms with Gasteiger partial charge in [-0.2, -0.15) is 0 Å². The fraction of sp³-hybridized carbons (Fsp3) is 0.951. The summed E-state index contributed by atoms with van der Waals surface area (Å²) < 4.78 is 68.7. The third-order valence-electron chi connectivity index (χ3n) is 19.9. The van der Waals surface area contributed by atoms with Crippen molar-refractivity contribution >= 4 is 39.5 Å². The van der Waals surface area contributed by atoms with Crippen LogP contribution < -0.4 is 0 Å². The van der Waals surface area contributed by atoms with Gasteiger partial charge in [-0.15, -0.1) is 0 Å². The lowest BCUT2D eigenvalue weighted by Crippen LogP contribution is -2.30. The summed E-state index contributed by atoms with van der Waals surface area (Å²) in [6.45, 7) is 9.69. The molecule has 3 N–H and O–H groups in total. The summed E-state index contributed by atoms with van der Waals surface area (Å²) in [5.41, 5.74) is 0. The van der Waals surface area contributed by atoms with Crippen LogP contribution in [-0.2, 0) is 65.4 Å². The van der Waals surface area contributed by atoms with Crippen molar-refractivity contribution in [3.8, 4) is 0 Å². The van der Waals surface area contributed by atoms with Gasteiger partial charge in [0.05, 0.1) is 26.4 Å². The molecule has 19 heteroatoms. The Balaban J connectivity index is 5.22. The zero-order valence-corrected chi connectivity index (χ0v) is 68.0. The molecule has 0 aliphatic carbocycles. The first-order valence-corrected chi connectivity index (χ1v) is 45.6. The number of hydrogen-bond acceptors (Lipinski definition) is 15. The van der Waals surface area contributed by atoms with Crippen LogP contribution in [0.2, 0.25) is 0 Å². The second-order valence-corrected chi connectivity index (χ2v) is 32.9. The number of carbonyl (C=O) groups excluding carboxylic acids is 4. The van der Waals surface area contributed by atoms with E-state index in [-0.39, 0.29) is 25.7 Å². The normalized spacial score (nSPS) is 14.4. The molecule has 0 aromatic rings. The average Bonchev–Trinajstić information content (AvgIpc) is 1.06. The van der Waals surface area contributed by atoms with Gasteiger partial charge in [0, 0.05) is 25.7 Å². The summed E-state index contributed by atoms with van der Waals surface area (Å²) in [5.74, 6) is -0.496. The highest BCUT2D eigenvalue weighted by molar-refractivity contribution is 7.47. The molecule has 0 aromatic heterocycles. The fourth-order valence-corrected chi connectivity index (χ4v) is 14.2. The summed E-state index contributed by atoms with van der Waals surface area (Å²) in [4.78, 5) is 73.1. The van der Waals surface area contributed by atoms with Gasteiger partial charge in [0.25, 0.3) is 0 Å². The maximum absolute atomic E-state index is 13.1. The maximum atomic E-state index is 13.1. The van der Waals surface area contributed by atoms with Crippen molar-refractivity contribution in [1.29, 1.82) is 0 Å². The minimum absolute atomic E-state index is 0.107. The Hall–Kier alpha value is -1.94. The third-order valence-corrected chi connectivity index (χ3v) is 21.8. The summed E-state index contributed by atoms with van der Waals surface area (Å²) in [7, 11) is -9.92. The van der Waals surface area contributed by atoms with Crippen LogP contribution >= 0.6 is 15.6 Å². The molecule has 0 bridgehead atoms. The third kappa shape index (κ3) is 73.4. The van der Waals surface area contributed by atoms with Gasteiger partial charge < -0.3 is 33.8 Å². The molecule has 0 spiro atoms. The van der Waals surface area contributed by atoms with Crippen LogP contribution in [0.15, 0.2) is 0 Å². The molecule has 0 aliphatic rings. The van der Waals surface area contributed by atoms with Crippen molar-refractivity contribution in [2.75, 3.05) is 39.6 Å². The van der Waals surface area contributed by atoms with Gasteiger partial charge in [-0.3, -0.25) is 37.3 Å². The number of phosphoric ester groups is 2. The number of aliphatic hydroxyl groups is 1. The van der Waals surface area contributed by atoms with Crippen molar-refractivity contribution < 1.29 is 80.2 Å². The number of carbonyl (C=O) groups is 4. The largest absolute Gasteiger partial charge is 0.472 e. The van der Waals surface area contributed by atoms with E-state index in [2.05, 4.69) is 41.5 Å². The molecule has 7 atom stereocenters. The molecule has 0 saturated heterocycles. The molecule has 0 amide bonds. The van der Waals surface area contributed by atoms with E-state index in [9.17, 15) is 43.2 Å². The molecule has 0 aromatic carbocycles. The maximum Gasteiger partial charge on any atom is 0.472 e. The Labute approximate surface area is 619 Å². The van der Waals surface area contributed by atoms with Crippen molar-refractivity contribution in [3.63, 3.8) is 0 Å². The molecule has 0 aliphatic heterocycles. The van der Waals surface area contributed by atoms with E-state index in [0.29, 0.717) is 25.7 Å². The SMILES string of the molecule is CCCCCCCCCCCCCCCCCCCCCCCCC(=O)O[C@H](COC(=O)CCCCCCCCCCCCC(C)CC)COP(=O)(O)OC[C@@H](O)COP(=O)(O)OC[C@@H](COC(=O)CCCCCCCCCCCCC)OC(=O)CCCCCCCCCCCCC(C)CC. The minimum Gasteiger partial charge on any atom is -0.462 e. The number of aliphatic hydroxyl groups excluding tert-OH is 1. The van der Waals surface area contributed by atoms with Gasteiger partial charge >= 0.3 is 39.5 Å². The molecule has 0 heterocycles. The van der Waals surface area contributed by atoms with Gasteiger partial charge in [0.15, 0.2) is 12.2 Å². The molecule has 101 heavy (non-hydrogen) atoms. The average molecular weight is 1480 g/mol. The van der Waals surface area contributed by atoms with Crippen LogP contribution in [0.3, 0.4) is 0 Å². The van der Waals surface area contributed by atoms with Gasteiger partial charge in [0.1, 0.15) is 19.3 Å². The quantitative estimate of drug-likeness (QED) is 0.0222. The van der Waals surface area contributed by atoms with E-state index in [4.69, 9.17) is 37.0 Å². The molecule has 0 saturated carbocycles. The van der Waals surface area contributed by atoms with Crippen LogP contribution in [0.4, 0.5) is 0 Å². The first-order chi connectivity index (χ1) is 48.9. The molecular formula is C82H160O17P2. The van der Waals surface area contributed by atoms with Crippen LogP contribution in [-0.4, -0.2) is 96.7 Å². The van der Waals surface area contributed by atoms with Crippen LogP contribution in [0.1, 0.15) is 433 Å². The Morgan fingerprint density at radius 1 is 0.277 bits per heavy atom. The first-order valence-electron chi connectivity index (χ1n) is 42.6. The van der Waals surface area contributed by atoms with Crippen molar-refractivity contribution in [1.82, 2.24) is 0 Å². The Bertz CT molecular complexity index is 1950. The number of esters is 4. The highest BCUT2D eigenvalue weighted by Gasteiger charge is 2.30. The number of unbranched alkanes of at least 4 members (excludes halogenated alkanes) is 49. The number of rotatable bonds is 81. The highest BCUT2D eigenvalue weighted by Crippen LogP contribution is 2.45. The molecule has 0 radical (unpaired) electrons. The van der Waals surface area contributed by atoms with Crippen LogP contribution in [0, 0.1) is 11.8 Å². The number of ether oxygens (including phenoxy) is 4. The van der Waals surface area contributed by atoms with Crippen LogP contribution in [0.25, 0.3) is 0 Å². The Morgan fingerprint density at radius 2 is 0.475 bits per heavy atom. The van der Waals surface area contributed by atoms with Crippen molar-refractivity contribution in [3.05, 3.63) is 0 Å². The first kappa shape index (κ1) is 99.1. The molecule has 0 rings (SSSR count). The highest BCUT2D eigenvalue weighted by atomic mass is 31.2. The van der Waals surface area contributed by atoms with Gasteiger partial charge in [0.2, 0.25) is 0 Å². The standard InChI is InChI=1S/C82H160O17P2/c1-7-11-13-15-17-19-21-22-23-24-25-26-27-28-29-30-31-33-42-48-54-60-66-81(86)98-77(71-93-80(85)65-59-53-47-41-36-34-38-44-50-56-62-74(5)9-3)72-96-100(88,89)94-68-76(83)69-95-101(90,91)97-73-78(70-92-79(84)64-58-52-46-40-32-20-18-16-14-12-8-2)99-82(87)67-61-55-49-43-37-35-39-45-51-57-63-75(6)10-4/h74-78,83H,7-73H2,1-6H3,(H,88,89)(H,90,91)/t74?,75?,76-,77-,78-/m1/s1. The van der Waals surface area contributed by atoms with Gasteiger partial charge in [-0.1, -0.05) is 382 Å². The number of phosphoric acid groups is 2. The zero-order chi connectivity index (χ0) is 74.2. The van der Waals surface area contributed by atoms with Crippen molar-refractivity contribution in [2.24, 2.45) is 11.8 Å². The summed E-state index contributed by atoms with van der Waals surface area (Å²) in [5, 5.41) is 10.6. The van der Waals surface area contributed by atoms with E-state index in [1.807, 2.05) is 0 Å². The summed E-state index contributed by atoms with van der Waals surface area (Å²) in [6, 6.07) is 0. The second-order valence-electron chi connectivity index (χ2n) is 30.0. The fourth-order valence-electron chi connectivity index (χ4n) is 12.6. The lowest BCUT2D eigenvalue weighted by Gasteiger charge is -2.21. The predicted octanol–water partition coefficient (Wildman–Crippen LogP) is 24.7. The number of hydrogen-bond donors (Lipinski definition) is 3. The predicted molar refractivity (Wildman–Crippen MR) is 414 cm³/mol. The van der Waals surface area contributed by atoms with Gasteiger partial charge in [-0.05, 0) is 37.5 Å². The Morgan fingerprint density at radius 3 is 0.703 bits per heavy atom. The smallest absolute Gasteiger partial charge is 0.462 e. The van der Waals surface area contributed by atoms with Crippen LogP contribution in [0.5, 0.6) is 0 Å². The molecular weight excluding hydrogens is 1320 g/mol. The van der Waals surface area contributed by atoms with E-state index >= 15 is 0 Å². The molecule has 4 unspecified atom stereocenters. The van der Waals surface area contributed by atoms with E-state index in [1.165, 1.54) is 250 Å². The Kier molecular flexibility index (Phi) is 72.2. The zero-order valence-electron chi connectivity index (χ0n) is 66.2. The summed E-state index contributed by atoms with van der Waals surface area (Å²) in [6.07, 6.45) is 63.7. The van der Waals surface area contributed by atoms with E-state index in [0.717, 1.165) is 102 Å². The summed E-state index contributed by atoms with van der Waals surface area (Å²) >= 11 is 0. The minimum atomic E-state index is -4.96. The topological polar surface area (TPSA) is 237 Å². The van der Waals surface area contributed by atoms with Gasteiger partial charge in [-0.25, -0.2) is 9.13 Å². The monoisotopic (exact) mass is 1480 g/mol. The molecule has 600 valence electrons. The lowest BCUT2D eigenvalue weighted by molar-refractivity contribution is -0.161. The molecule has 0 fully saturated rings. The van der Waals surface area contributed by atoms with Crippen molar-refractivity contribution in [2.45, 2.75) is 452 Å².